The molecule has 11 aromatic carbocycles. The number of imidazole rings is 1. The predicted molar refractivity (Wildman–Crippen MR) is 343 cm³/mol. The van der Waals surface area contributed by atoms with E-state index in [1.807, 2.05) is 115 Å². The monoisotopic (exact) mass is 1100 g/mol. The summed E-state index contributed by atoms with van der Waals surface area (Å²) in [4.78, 5) is 4.86. The van der Waals surface area contributed by atoms with Crippen LogP contribution in [0.2, 0.25) is 0 Å². The van der Waals surface area contributed by atoms with E-state index in [1.165, 1.54) is 0 Å². The lowest BCUT2D eigenvalue weighted by atomic mass is 9.88. The summed E-state index contributed by atoms with van der Waals surface area (Å²) < 4.78 is 200. The number of nitrogens with zero attached hydrogens (tertiary/aromatic N) is 4. The van der Waals surface area contributed by atoms with E-state index in [4.69, 9.17) is 18.3 Å². The molecule has 7 heteroatoms. The van der Waals surface area contributed by atoms with E-state index in [0.29, 0.717) is 61.3 Å². The Kier molecular flexibility index (Phi) is 8.06. The van der Waals surface area contributed by atoms with Crippen LogP contribution >= 0.6 is 0 Å². The van der Waals surface area contributed by atoms with Crippen molar-refractivity contribution in [1.82, 2.24) is 14.1 Å². The second kappa shape index (κ2) is 20.0. The first-order valence-electron chi connectivity index (χ1n) is 36.3. The zero-order valence-electron chi connectivity index (χ0n) is 63.8. The summed E-state index contributed by atoms with van der Waals surface area (Å²) in [5, 5.41) is -0.386. The Morgan fingerprint density at radius 2 is 1.13 bits per heavy atom. The predicted octanol–water partition coefficient (Wildman–Crippen LogP) is 15.9. The number of ether oxygens (including phenoxy) is 1. The molecule has 0 bridgehead atoms. The van der Waals surface area contributed by atoms with Crippen LogP contribution in [0.25, 0.3) is 94.2 Å². The molecule has 0 radical (unpaired) electrons. The summed E-state index contributed by atoms with van der Waals surface area (Å²) >= 11 is 0. The van der Waals surface area contributed by atoms with Gasteiger partial charge < -0.3 is 9.15 Å². The van der Waals surface area contributed by atoms with Crippen LogP contribution in [-0.2, 0) is 5.41 Å². The first kappa shape index (κ1) is 33.4. The Bertz CT molecular complexity index is 5890. The number of fused-ring (bicyclic) bond motifs is 7. The van der Waals surface area contributed by atoms with Gasteiger partial charge in [-0.25, -0.2) is 4.98 Å². The molecular weight excluding hydrogens is 1030 g/mol. The van der Waals surface area contributed by atoms with Gasteiger partial charge in [0.05, 0.1) is 59.5 Å². The van der Waals surface area contributed by atoms with Gasteiger partial charge in [-0.2, -0.15) is 0 Å². The number of hydrogen-bond acceptors (Lipinski definition) is 3. The van der Waals surface area contributed by atoms with Gasteiger partial charge in [-0.15, -0.1) is 0 Å². The van der Waals surface area contributed by atoms with Crippen LogP contribution in [0.4, 0.5) is 0 Å². The molecule has 0 fully saturated rings. The molecule has 396 valence electrons. The van der Waals surface area contributed by atoms with Crippen LogP contribution in [-0.4, -0.2) is 22.2 Å². The molecule has 0 aliphatic rings. The quantitative estimate of drug-likeness (QED) is 0.0561. The zero-order chi connectivity index (χ0) is 72.2. The molecule has 0 saturated carbocycles. The van der Waals surface area contributed by atoms with Crippen molar-refractivity contribution in [1.29, 1.82) is 0 Å². The van der Waals surface area contributed by atoms with Crippen molar-refractivity contribution in [2.45, 2.75) is 26.2 Å². The molecule has 0 aliphatic heterocycles. The zero-order valence-corrected chi connectivity index (χ0v) is 45.8. The van der Waals surface area contributed by atoms with Gasteiger partial charge >= 0.3 is 0 Å². The van der Waals surface area contributed by atoms with Crippen LogP contribution in [0, 0.1) is 6.33 Å². The lowest BCUT2D eigenvalue weighted by molar-refractivity contribution is -0.571. The third kappa shape index (κ3) is 8.38. The van der Waals surface area contributed by atoms with Gasteiger partial charge in [0.2, 0.25) is 0 Å². The molecule has 6 nitrogen and oxygen atoms in total. The highest BCUT2D eigenvalue weighted by atomic mass is 28.3. The molecule has 15 aromatic rings. The van der Waals surface area contributed by atoms with Gasteiger partial charge in [0, 0.05) is 33.8 Å². The van der Waals surface area contributed by atoms with E-state index in [-0.39, 0.29) is 16.7 Å². The van der Waals surface area contributed by atoms with Gasteiger partial charge in [-0.3, -0.25) is 13.7 Å². The molecule has 0 unspecified atom stereocenters. The highest BCUT2D eigenvalue weighted by molar-refractivity contribution is 7.19. The van der Waals surface area contributed by atoms with Crippen LogP contribution in [0.15, 0.2) is 289 Å². The molecule has 0 spiro atoms. The average molecular weight is 1100 g/mol. The molecule has 0 N–H and O–H groups in total. The number of rotatable bonds is 11. The van der Waals surface area contributed by atoms with Crippen molar-refractivity contribution in [3.05, 3.63) is 297 Å². The van der Waals surface area contributed by atoms with Crippen molar-refractivity contribution < 1.29 is 39.8 Å². The van der Waals surface area contributed by atoms with Gasteiger partial charge in [0.25, 0.3) is 6.33 Å². The van der Waals surface area contributed by atoms with Crippen molar-refractivity contribution >= 4 is 83.6 Å². The van der Waals surface area contributed by atoms with Crippen LogP contribution < -0.4 is 30.1 Å². The Morgan fingerprint density at radius 1 is 0.518 bits per heavy atom. The van der Waals surface area contributed by atoms with Crippen LogP contribution in [0.1, 0.15) is 52.4 Å². The van der Waals surface area contributed by atoms with Crippen molar-refractivity contribution in [3.8, 4) is 50.9 Å². The highest BCUT2D eigenvalue weighted by Crippen LogP contribution is 2.42. The first-order chi connectivity index (χ1) is 48.7. The summed E-state index contributed by atoms with van der Waals surface area (Å²) in [5.41, 5.74) is 6.01. The Morgan fingerprint density at radius 3 is 1.89 bits per heavy atom. The molecule has 4 aromatic heterocycles. The Balaban J connectivity index is 1.02. The summed E-state index contributed by atoms with van der Waals surface area (Å²) in [7, 11) is -6.25. The molecule has 0 saturated heterocycles. The third-order valence-corrected chi connectivity index (χ3v) is 19.2. The lowest BCUT2D eigenvalue weighted by Gasteiger charge is -2.34. The van der Waals surface area contributed by atoms with Crippen LogP contribution in [0.5, 0.6) is 11.5 Å². The molecule has 4 heterocycles. The van der Waals surface area contributed by atoms with E-state index < -0.39 is 149 Å². The number of para-hydroxylation sites is 5. The van der Waals surface area contributed by atoms with E-state index in [0.717, 1.165) is 33.2 Å². The second-order valence-corrected chi connectivity index (χ2v) is 24.5. The first-order valence-corrected chi connectivity index (χ1v) is 28.8. The third-order valence-electron chi connectivity index (χ3n) is 15.2. The normalized spacial score (nSPS) is 15.2. The maximum Gasteiger partial charge on any atom is 0.269 e. The second-order valence-electron chi connectivity index (χ2n) is 21.0. The minimum atomic E-state index is -6.25. The van der Waals surface area contributed by atoms with E-state index in [1.54, 1.807) is 45.5 Å². The number of benzene rings is 11. The van der Waals surface area contributed by atoms with Gasteiger partial charge in [-0.1, -0.05) is 233 Å². The van der Waals surface area contributed by atoms with Crippen molar-refractivity contribution in [3.63, 3.8) is 0 Å². The van der Waals surface area contributed by atoms with Crippen LogP contribution in [0.3, 0.4) is 0 Å². The smallest absolute Gasteiger partial charge is 0.269 e. The number of hydrogen-bond donors (Lipinski definition) is 0. The van der Waals surface area contributed by atoms with Gasteiger partial charge in [-0.05, 0) is 115 Å². The molecule has 0 amide bonds. The fourth-order valence-corrected chi connectivity index (χ4v) is 15.0. The van der Waals surface area contributed by atoms with Crippen molar-refractivity contribution in [2.75, 3.05) is 0 Å². The summed E-state index contributed by atoms with van der Waals surface area (Å²) in [5.74, 6) is 1.70. The number of aromatic nitrogens is 4. The van der Waals surface area contributed by atoms with E-state index in [2.05, 4.69) is 49.9 Å². The fraction of sp³-hybridized carbons (Fsp3) is 0.0526. The molecule has 0 aliphatic carbocycles. The maximum atomic E-state index is 11.0. The topological polar surface area (TPSA) is 49.0 Å². The summed E-state index contributed by atoms with van der Waals surface area (Å²) in [6.07, 6.45) is 5.42. The highest BCUT2D eigenvalue weighted by Gasteiger charge is 2.41. The van der Waals surface area contributed by atoms with E-state index >= 15 is 0 Å². The molecule has 83 heavy (non-hydrogen) atoms. The number of pyridine rings is 1. The summed E-state index contributed by atoms with van der Waals surface area (Å²) in [6, 6.07) is 30.9. The number of furan rings is 1. The standard InChI is InChI=1S/C76H56N4O2Si/c1-76(2,3)53-45-46-77-73(48-53)80-67-38-15-13-33-62(67)63-44-43-56(50-70(63)80)81-55-25-20-24-54(49-55)78-51-79(69-40-17-16-39-68(69)78)75-61(35-21-37-65(75)64-36-22-42-72-74(64)66-34-14-18-41-71(66)82-72)52-23-19-32-60(47-52)83(57-26-7-4-8-27-57,58-28-9-5-10-29-58)59-30-11-6-12-31-59/h4-50H,1-3H3/i4D,5D,6D,7D,8D,9D,10D,11D,12D,19D,23D,26D,27D,28D,29D,30D,31D,32D,47D. The largest absolute Gasteiger partial charge is 0.458 e. The van der Waals surface area contributed by atoms with Gasteiger partial charge in [0.15, 0.2) is 8.07 Å². The lowest BCUT2D eigenvalue weighted by Crippen LogP contribution is -2.74. The average Bonchev–Trinajstić information content (AvgIpc) is 0.705. The summed E-state index contributed by atoms with van der Waals surface area (Å²) in [6.45, 7) is 6.47. The van der Waals surface area contributed by atoms with Crippen molar-refractivity contribution in [2.24, 2.45) is 0 Å². The van der Waals surface area contributed by atoms with E-state index in [9.17, 15) is 21.9 Å². The molecule has 0 atom stereocenters. The Labute approximate surface area is 509 Å². The Hall–Kier alpha value is -10.3. The fourth-order valence-electron chi connectivity index (χ4n) is 11.4. The minimum absolute atomic E-state index is 0.0393. The molecular formula is C76H56N4O2Si. The van der Waals surface area contributed by atoms with Gasteiger partial charge in [0.1, 0.15) is 28.5 Å². The minimum Gasteiger partial charge on any atom is -0.458 e. The SMILES string of the molecule is [2H]c1c([2H])c([2H])c([Si](c2c([2H])c([2H])c([2H])c([2H])c2[2H])(c2c([2H])c([2H])c([2H])c([2H])c2[2H])c2c([2H])c([2H])c([2H])c(-c3cccc(-c4cccc5oc6ccccc6c45)c3-[n+]3[c-]n(-c4cccc(Oc5ccc6c7ccccc7n(-c7cc(C(C)(C)C)ccn7)c6c5)c4)c4ccccc43)c2[2H])c([2H])c1[2H]. The molecule has 15 rings (SSSR count). The maximum absolute atomic E-state index is 11.0.